The molecule has 1 N–H and O–H groups in total. The number of piperazine rings is 3. The second-order valence-electron chi connectivity index (χ2n) is 7.64. The second kappa shape index (κ2) is 7.74. The molecular weight excluding hydrogens is 340 g/mol. The lowest BCUT2D eigenvalue weighted by atomic mass is 10.1. The Morgan fingerprint density at radius 3 is 2.59 bits per heavy atom. The van der Waals surface area contributed by atoms with Gasteiger partial charge in [-0.15, -0.1) is 20.4 Å². The van der Waals surface area contributed by atoms with Gasteiger partial charge >= 0.3 is 0 Å². The highest BCUT2D eigenvalue weighted by Gasteiger charge is 2.38. The highest BCUT2D eigenvalue weighted by Crippen LogP contribution is 2.27. The minimum atomic E-state index is 0.421. The lowest BCUT2D eigenvalue weighted by Gasteiger charge is -2.51. The molecule has 0 radical (unpaired) electrons. The third-order valence-electron chi connectivity index (χ3n) is 6.10. The number of azo groups is 1. The van der Waals surface area contributed by atoms with Crippen LogP contribution >= 0.6 is 0 Å². The van der Waals surface area contributed by atoms with Gasteiger partial charge in [-0.1, -0.05) is 0 Å². The summed E-state index contributed by atoms with van der Waals surface area (Å²) in [5.41, 5.74) is 3.25. The molecule has 2 aromatic rings. The molecule has 27 heavy (non-hydrogen) atoms. The number of fused-ring (bicyclic) bond motifs is 3. The van der Waals surface area contributed by atoms with E-state index in [-0.39, 0.29) is 0 Å². The smallest absolute Gasteiger partial charge is 0.267 e. The van der Waals surface area contributed by atoms with E-state index >= 15 is 0 Å². The standard InChI is InChI=1S/C19H29N8/c1-3-26(9-13-27-10-6-25(7-11-27)8-12-27)17-4-5-18(16(2)14-17)22-24-19-20-15-21-23-19/h4-5,14-15H,3,6-13H2,1-2H3,(H,20,21,23)/q+1. The number of rotatable bonds is 7. The van der Waals surface area contributed by atoms with Gasteiger partial charge in [-0.3, -0.25) is 4.90 Å². The first-order valence-electron chi connectivity index (χ1n) is 9.88. The van der Waals surface area contributed by atoms with Gasteiger partial charge in [0.2, 0.25) is 0 Å². The van der Waals surface area contributed by atoms with Gasteiger partial charge < -0.3 is 14.4 Å². The molecule has 3 aliphatic rings. The number of quaternary nitrogens is 1. The fourth-order valence-electron chi connectivity index (χ4n) is 4.17. The molecule has 5 rings (SSSR count). The van der Waals surface area contributed by atoms with Crippen molar-refractivity contribution >= 4 is 17.3 Å². The molecule has 4 heterocycles. The molecule has 3 fully saturated rings. The largest absolute Gasteiger partial charge is 0.366 e. The van der Waals surface area contributed by atoms with Crippen LogP contribution in [0.15, 0.2) is 34.8 Å². The number of aromatic amines is 1. The van der Waals surface area contributed by atoms with E-state index in [1.54, 1.807) is 0 Å². The quantitative estimate of drug-likeness (QED) is 0.601. The molecule has 2 bridgehead atoms. The number of hydrogen-bond acceptors (Lipinski definition) is 6. The molecule has 0 amide bonds. The SMILES string of the molecule is CCN(CC[N+]12CCN(CC1)CC2)c1ccc(N=Nc2nnc[nH]2)c(C)c1. The summed E-state index contributed by atoms with van der Waals surface area (Å²) in [5.74, 6) is 0.421. The van der Waals surface area contributed by atoms with Crippen molar-refractivity contribution < 1.29 is 4.48 Å². The van der Waals surface area contributed by atoms with Gasteiger partial charge in [-0.25, -0.2) is 0 Å². The number of nitrogens with one attached hydrogen (secondary N) is 1. The Bertz CT molecular complexity index is 763. The summed E-state index contributed by atoms with van der Waals surface area (Å²) in [6.45, 7) is 15.5. The number of hydrogen-bond donors (Lipinski definition) is 1. The molecule has 0 spiro atoms. The highest BCUT2D eigenvalue weighted by atomic mass is 15.5. The molecule has 1 aromatic carbocycles. The summed E-state index contributed by atoms with van der Waals surface area (Å²) in [4.78, 5) is 7.92. The first-order chi connectivity index (χ1) is 13.2. The van der Waals surface area contributed by atoms with Crippen molar-refractivity contribution in [1.29, 1.82) is 0 Å². The zero-order valence-corrected chi connectivity index (χ0v) is 16.3. The molecule has 0 unspecified atom stereocenters. The summed E-state index contributed by atoms with van der Waals surface area (Å²) < 4.78 is 1.30. The van der Waals surface area contributed by atoms with Crippen molar-refractivity contribution in [2.45, 2.75) is 13.8 Å². The summed E-state index contributed by atoms with van der Waals surface area (Å²) in [7, 11) is 0. The van der Waals surface area contributed by atoms with Crippen LogP contribution in [0, 0.1) is 6.92 Å². The summed E-state index contributed by atoms with van der Waals surface area (Å²) in [5, 5.41) is 15.9. The van der Waals surface area contributed by atoms with E-state index in [0.717, 1.165) is 24.3 Å². The molecule has 0 saturated carbocycles. The molecule has 0 atom stereocenters. The van der Waals surface area contributed by atoms with Gasteiger partial charge in [0.25, 0.3) is 5.95 Å². The number of aromatic nitrogens is 3. The molecule has 3 aliphatic heterocycles. The Labute approximate surface area is 160 Å². The van der Waals surface area contributed by atoms with Crippen molar-refractivity contribution in [3.05, 3.63) is 30.1 Å². The average molecular weight is 369 g/mol. The van der Waals surface area contributed by atoms with Gasteiger partial charge in [0.15, 0.2) is 0 Å². The van der Waals surface area contributed by atoms with E-state index in [9.17, 15) is 0 Å². The van der Waals surface area contributed by atoms with Gasteiger partial charge in [0, 0.05) is 31.9 Å². The van der Waals surface area contributed by atoms with Crippen LogP contribution in [0.2, 0.25) is 0 Å². The lowest BCUT2D eigenvalue weighted by Crippen LogP contribution is -2.68. The van der Waals surface area contributed by atoms with E-state index in [2.05, 4.69) is 61.2 Å². The monoisotopic (exact) mass is 369 g/mol. The molecule has 1 aromatic heterocycles. The van der Waals surface area contributed by atoms with E-state index in [0.29, 0.717) is 5.95 Å². The summed E-state index contributed by atoms with van der Waals surface area (Å²) in [6, 6.07) is 6.41. The predicted octanol–water partition coefficient (Wildman–Crippen LogP) is 2.50. The zero-order valence-electron chi connectivity index (χ0n) is 16.3. The van der Waals surface area contributed by atoms with E-state index < -0.39 is 0 Å². The Balaban J connectivity index is 1.42. The van der Waals surface area contributed by atoms with Gasteiger partial charge in [-0.2, -0.15) is 0 Å². The first-order valence-corrected chi connectivity index (χ1v) is 9.88. The molecule has 8 nitrogen and oxygen atoms in total. The minimum absolute atomic E-state index is 0.421. The molecular formula is C19H29N8+. The lowest BCUT2D eigenvalue weighted by molar-refractivity contribution is -0.939. The van der Waals surface area contributed by atoms with Crippen molar-refractivity contribution in [3.63, 3.8) is 0 Å². The zero-order chi connectivity index (χ0) is 18.7. The molecule has 8 heteroatoms. The fourth-order valence-corrected chi connectivity index (χ4v) is 4.17. The minimum Gasteiger partial charge on any atom is -0.366 e. The maximum atomic E-state index is 4.29. The maximum absolute atomic E-state index is 4.29. The van der Waals surface area contributed by atoms with Crippen molar-refractivity contribution in [1.82, 2.24) is 20.1 Å². The van der Waals surface area contributed by atoms with Crippen LogP contribution in [0.25, 0.3) is 0 Å². The number of benzene rings is 1. The topological polar surface area (TPSA) is 72.8 Å². The second-order valence-corrected chi connectivity index (χ2v) is 7.64. The Hall–Kier alpha value is -2.32. The summed E-state index contributed by atoms with van der Waals surface area (Å²) in [6.07, 6.45) is 1.50. The Morgan fingerprint density at radius 2 is 1.96 bits per heavy atom. The van der Waals surface area contributed by atoms with Crippen LogP contribution in [-0.4, -0.2) is 83.5 Å². The normalized spacial score (nSPS) is 24.6. The van der Waals surface area contributed by atoms with Crippen LogP contribution in [0.3, 0.4) is 0 Å². The van der Waals surface area contributed by atoms with Crippen LogP contribution in [-0.2, 0) is 0 Å². The van der Waals surface area contributed by atoms with E-state index in [1.165, 1.54) is 62.3 Å². The third-order valence-corrected chi connectivity index (χ3v) is 6.10. The van der Waals surface area contributed by atoms with Gasteiger partial charge in [0.05, 0.1) is 38.4 Å². The van der Waals surface area contributed by atoms with Crippen molar-refractivity contribution in [2.75, 3.05) is 63.8 Å². The summed E-state index contributed by atoms with van der Waals surface area (Å²) >= 11 is 0. The highest BCUT2D eigenvalue weighted by molar-refractivity contribution is 5.57. The van der Waals surface area contributed by atoms with Crippen LogP contribution in [0.5, 0.6) is 0 Å². The predicted molar refractivity (Wildman–Crippen MR) is 106 cm³/mol. The van der Waals surface area contributed by atoms with Gasteiger partial charge in [0.1, 0.15) is 6.33 Å². The Morgan fingerprint density at radius 1 is 1.19 bits per heavy atom. The molecule has 144 valence electrons. The average Bonchev–Trinajstić information content (AvgIpc) is 3.23. The number of aryl methyl sites for hydroxylation is 1. The maximum Gasteiger partial charge on any atom is 0.267 e. The van der Waals surface area contributed by atoms with Crippen LogP contribution in [0.4, 0.5) is 17.3 Å². The molecule has 3 saturated heterocycles. The van der Waals surface area contributed by atoms with E-state index in [4.69, 9.17) is 0 Å². The van der Waals surface area contributed by atoms with Gasteiger partial charge in [-0.05, 0) is 37.6 Å². The Kier molecular flexibility index (Phi) is 5.18. The van der Waals surface area contributed by atoms with E-state index in [1.807, 2.05) is 6.07 Å². The number of nitrogens with zero attached hydrogens (tertiary/aromatic N) is 7. The third kappa shape index (κ3) is 4.01. The van der Waals surface area contributed by atoms with Crippen LogP contribution < -0.4 is 4.90 Å². The number of likely N-dealkylation sites (N-methyl/N-ethyl adjacent to an activating group) is 1. The van der Waals surface area contributed by atoms with Crippen molar-refractivity contribution in [3.8, 4) is 0 Å². The van der Waals surface area contributed by atoms with Crippen LogP contribution in [0.1, 0.15) is 12.5 Å². The fraction of sp³-hybridized carbons (Fsp3) is 0.579. The first kappa shape index (κ1) is 18.1. The number of H-pyrrole nitrogens is 1. The molecule has 0 aliphatic carbocycles. The number of anilines is 1. The van der Waals surface area contributed by atoms with Crippen molar-refractivity contribution in [2.24, 2.45) is 10.2 Å².